The van der Waals surface area contributed by atoms with Crippen LogP contribution in [0.2, 0.25) is 0 Å². The summed E-state index contributed by atoms with van der Waals surface area (Å²) >= 11 is 0. The normalized spacial score (nSPS) is 8.00. The van der Waals surface area contributed by atoms with Crippen molar-refractivity contribution in [3.8, 4) is 0 Å². The van der Waals surface area contributed by atoms with Crippen LogP contribution in [0.25, 0.3) is 0 Å². The van der Waals surface area contributed by atoms with Crippen LogP contribution in [0.4, 0.5) is 0 Å². The number of nitrogens with one attached hydrogen (secondary N) is 2. The summed E-state index contributed by atoms with van der Waals surface area (Å²) in [6.07, 6.45) is 0.0284. The average molecular weight is 194 g/mol. The van der Waals surface area contributed by atoms with Crippen molar-refractivity contribution in [2.45, 2.75) is 12.8 Å². The molecule has 0 rings (SSSR count). The molecule has 0 aromatic rings. The quantitative estimate of drug-likeness (QED) is 0.464. The van der Waals surface area contributed by atoms with Gasteiger partial charge in [0.05, 0.1) is 0 Å². The maximum atomic E-state index is 10.8. The topological polar surface area (TPSA) is 100 Å². The van der Waals surface area contributed by atoms with E-state index in [1.54, 1.807) is 0 Å². The van der Waals surface area contributed by atoms with E-state index in [1.165, 1.54) is 0 Å². The van der Waals surface area contributed by atoms with E-state index >= 15 is 0 Å². The first kappa shape index (κ1) is 12.4. The number of hydrogen-bond donors (Lipinski definition) is 2. The van der Waals surface area contributed by atoms with Gasteiger partial charge in [-0.2, -0.15) is 0 Å². The first-order valence-electron chi connectivity index (χ1n) is 3.68. The summed E-state index contributed by atoms with van der Waals surface area (Å²) in [5.74, 6) is -1.37. The Balaban J connectivity index is 3.84. The van der Waals surface area contributed by atoms with Crippen molar-refractivity contribution in [2.24, 2.45) is 0 Å². The predicted octanol–water partition coefficient (Wildman–Crippen LogP) is 0.172. The van der Waals surface area contributed by atoms with Gasteiger partial charge >= 0.3 is 81.0 Å². The van der Waals surface area contributed by atoms with Crippen molar-refractivity contribution in [3.05, 3.63) is 12.2 Å². The van der Waals surface area contributed by atoms with Crippen LogP contribution < -0.4 is 0 Å². The minimum absolute atomic E-state index is 0.0543. The molecule has 0 bridgehead atoms. The zero-order valence-electron chi connectivity index (χ0n) is 7.41. The number of hydrogen-bond acceptors (Lipinski definition) is 6. The Morgan fingerprint density at radius 1 is 1.14 bits per heavy atom. The molecule has 72 valence electrons. The second kappa shape index (κ2) is 6.88. The summed E-state index contributed by atoms with van der Waals surface area (Å²) in [4.78, 5) is 21.6. The van der Waals surface area contributed by atoms with Crippen LogP contribution in [0.1, 0.15) is 12.8 Å². The van der Waals surface area contributed by atoms with Crippen LogP contribution >= 0.6 is 0 Å². The molecule has 8 heteroatoms. The first-order valence-corrected chi connectivity index (χ1v) is 3.68. The number of carbonyl (C=O) groups is 2. The standard InChI is InChI=1S/C6H8B2N2O4/c1-4(6(12)14-8-10)2-3-5(11)13-7-9/h9-10H,1-3H2. The van der Waals surface area contributed by atoms with Gasteiger partial charge in [0, 0.05) is 0 Å². The molecule has 0 aliphatic rings. The summed E-state index contributed by atoms with van der Waals surface area (Å²) in [6, 6.07) is 0. The Kier molecular flexibility index (Phi) is 6.09. The third kappa shape index (κ3) is 5.13. The van der Waals surface area contributed by atoms with E-state index < -0.39 is 11.9 Å². The third-order valence-electron chi connectivity index (χ3n) is 1.28. The molecule has 0 unspecified atom stereocenters. The van der Waals surface area contributed by atoms with Crippen LogP contribution in [0.3, 0.4) is 0 Å². The van der Waals surface area contributed by atoms with Crippen LogP contribution in [0.5, 0.6) is 0 Å². The molecule has 0 aliphatic carbocycles. The minimum atomic E-state index is -0.748. The molecule has 0 amide bonds. The summed E-state index contributed by atoms with van der Waals surface area (Å²) in [7, 11) is 1.00. The summed E-state index contributed by atoms with van der Waals surface area (Å²) in [5.41, 5.74) is 0.0791. The Morgan fingerprint density at radius 3 is 2.21 bits per heavy atom. The van der Waals surface area contributed by atoms with Crippen molar-refractivity contribution < 1.29 is 18.9 Å². The molecule has 0 saturated carbocycles. The zero-order valence-corrected chi connectivity index (χ0v) is 7.41. The molecule has 0 spiro atoms. The average Bonchev–Trinajstić information content (AvgIpc) is 2.15. The fourth-order valence-electron chi connectivity index (χ4n) is 0.617. The number of rotatable bonds is 6. The van der Waals surface area contributed by atoms with Gasteiger partial charge in [-0.15, -0.1) is 0 Å². The van der Waals surface area contributed by atoms with E-state index in [0.717, 1.165) is 0 Å². The first-order chi connectivity index (χ1) is 6.61. The fourth-order valence-corrected chi connectivity index (χ4v) is 0.617. The third-order valence-corrected chi connectivity index (χ3v) is 1.28. The Labute approximate surface area is 81.8 Å². The molecule has 0 heterocycles. The monoisotopic (exact) mass is 194 g/mol. The molecule has 0 aromatic carbocycles. The van der Waals surface area contributed by atoms with Crippen molar-refractivity contribution in [1.29, 1.82) is 10.6 Å². The second-order valence-corrected chi connectivity index (χ2v) is 2.23. The molecule has 0 aliphatic heterocycles. The Morgan fingerprint density at radius 2 is 1.71 bits per heavy atom. The molecule has 6 nitrogen and oxygen atoms in total. The van der Waals surface area contributed by atoms with Gasteiger partial charge in [-0.05, 0) is 0 Å². The molecule has 0 atom stereocenters. The SMILES string of the molecule is C=C(CCC(=O)OB=N)C(=O)OB=N. The zero-order chi connectivity index (χ0) is 11.0. The van der Waals surface area contributed by atoms with E-state index in [9.17, 15) is 9.59 Å². The fraction of sp³-hybridized carbons (Fsp3) is 0.333. The van der Waals surface area contributed by atoms with Crippen molar-refractivity contribution in [1.82, 2.24) is 0 Å². The van der Waals surface area contributed by atoms with Crippen LogP contribution in [-0.2, 0) is 18.9 Å². The van der Waals surface area contributed by atoms with E-state index in [4.69, 9.17) is 10.6 Å². The summed E-state index contributed by atoms with van der Waals surface area (Å²) in [6.45, 7) is 3.36. The van der Waals surface area contributed by atoms with Gasteiger partial charge in [0.2, 0.25) is 0 Å². The molecule has 14 heavy (non-hydrogen) atoms. The molecule has 2 N–H and O–H groups in total. The summed E-state index contributed by atoms with van der Waals surface area (Å²) in [5, 5.41) is 12.9. The molecule has 0 radical (unpaired) electrons. The molecule has 0 fully saturated rings. The van der Waals surface area contributed by atoms with E-state index in [0.29, 0.717) is 14.5 Å². The van der Waals surface area contributed by atoms with E-state index in [2.05, 4.69) is 15.9 Å². The number of carbonyl (C=O) groups excluding carboxylic acids is 2. The molecule has 0 saturated heterocycles. The van der Waals surface area contributed by atoms with Crippen LogP contribution in [-0.4, -0.2) is 26.5 Å². The van der Waals surface area contributed by atoms with Gasteiger partial charge in [0.15, 0.2) is 0 Å². The van der Waals surface area contributed by atoms with Gasteiger partial charge < -0.3 is 0 Å². The van der Waals surface area contributed by atoms with Crippen molar-refractivity contribution in [3.63, 3.8) is 0 Å². The van der Waals surface area contributed by atoms with E-state index in [-0.39, 0.29) is 18.4 Å². The van der Waals surface area contributed by atoms with Crippen LogP contribution in [0.15, 0.2) is 12.2 Å². The molecular formula is C6H8B2N2O4. The Bertz CT molecular complexity index is 279. The van der Waals surface area contributed by atoms with Gasteiger partial charge in [-0.3, -0.25) is 0 Å². The summed E-state index contributed by atoms with van der Waals surface area (Å²) < 4.78 is 8.40. The maximum absolute atomic E-state index is 10.8. The second-order valence-electron chi connectivity index (χ2n) is 2.23. The Hall–Kier alpha value is -1.59. The predicted molar refractivity (Wildman–Crippen MR) is 47.5 cm³/mol. The van der Waals surface area contributed by atoms with Gasteiger partial charge in [0.1, 0.15) is 0 Å². The van der Waals surface area contributed by atoms with Crippen molar-refractivity contribution in [2.75, 3.05) is 0 Å². The van der Waals surface area contributed by atoms with Gasteiger partial charge in [-0.25, -0.2) is 0 Å². The molecular weight excluding hydrogens is 186 g/mol. The van der Waals surface area contributed by atoms with Gasteiger partial charge in [0.25, 0.3) is 0 Å². The molecule has 0 aromatic heterocycles. The van der Waals surface area contributed by atoms with Gasteiger partial charge in [-0.1, -0.05) is 0 Å². The van der Waals surface area contributed by atoms with E-state index in [1.807, 2.05) is 0 Å². The van der Waals surface area contributed by atoms with Crippen molar-refractivity contribution >= 4 is 26.5 Å². The van der Waals surface area contributed by atoms with Crippen LogP contribution in [0, 0.1) is 10.6 Å².